The van der Waals surface area contributed by atoms with Crippen molar-refractivity contribution < 1.29 is 14.3 Å². The fourth-order valence-corrected chi connectivity index (χ4v) is 3.10. The number of carbonyl (C=O) groups is 2. The minimum Gasteiger partial charge on any atom is -0.378 e. The molecule has 0 spiro atoms. The Morgan fingerprint density at radius 1 is 1.30 bits per heavy atom. The lowest BCUT2D eigenvalue weighted by Gasteiger charge is -2.36. The predicted octanol–water partition coefficient (Wildman–Crippen LogP) is -0.0707. The van der Waals surface area contributed by atoms with Gasteiger partial charge in [0.2, 0.25) is 11.8 Å². The molecule has 2 fully saturated rings. The first-order valence-electron chi connectivity index (χ1n) is 8.31. The highest BCUT2D eigenvalue weighted by Gasteiger charge is 2.30. The average Bonchev–Trinajstić information content (AvgIpc) is 2.60. The third-order valence-corrected chi connectivity index (χ3v) is 4.52. The van der Waals surface area contributed by atoms with E-state index in [1.165, 1.54) is 0 Å². The Hall–Kier alpha value is -1.65. The van der Waals surface area contributed by atoms with Crippen molar-refractivity contribution in [3.63, 3.8) is 0 Å². The summed E-state index contributed by atoms with van der Waals surface area (Å²) in [5.41, 5.74) is 0. The third-order valence-electron chi connectivity index (χ3n) is 4.52. The molecule has 23 heavy (non-hydrogen) atoms. The minimum absolute atomic E-state index is 0.0136. The number of piperidine rings is 1. The zero-order chi connectivity index (χ0) is 16.7. The number of likely N-dealkylation sites (tertiary alicyclic amines) is 1. The van der Waals surface area contributed by atoms with Gasteiger partial charge in [-0.05, 0) is 19.4 Å². The maximum absolute atomic E-state index is 12.6. The predicted molar refractivity (Wildman–Crippen MR) is 84.4 cm³/mol. The summed E-state index contributed by atoms with van der Waals surface area (Å²) in [6, 6.07) is 2.05. The van der Waals surface area contributed by atoms with Crippen molar-refractivity contribution in [1.82, 2.24) is 14.7 Å². The summed E-state index contributed by atoms with van der Waals surface area (Å²) < 4.78 is 5.29. The monoisotopic (exact) mass is 322 g/mol. The Balaban J connectivity index is 1.81. The van der Waals surface area contributed by atoms with Gasteiger partial charge in [-0.15, -0.1) is 0 Å². The summed E-state index contributed by atoms with van der Waals surface area (Å²) in [5, 5.41) is 8.59. The van der Waals surface area contributed by atoms with Crippen molar-refractivity contribution in [1.29, 1.82) is 5.26 Å². The summed E-state index contributed by atoms with van der Waals surface area (Å²) in [6.07, 6.45) is 2.18. The van der Waals surface area contributed by atoms with E-state index < -0.39 is 0 Å². The molecule has 2 heterocycles. The Morgan fingerprint density at radius 2 is 2.04 bits per heavy atom. The van der Waals surface area contributed by atoms with Gasteiger partial charge in [-0.3, -0.25) is 14.5 Å². The van der Waals surface area contributed by atoms with Crippen LogP contribution in [0.5, 0.6) is 0 Å². The van der Waals surface area contributed by atoms with Crippen LogP contribution in [0.1, 0.15) is 19.3 Å². The lowest BCUT2D eigenvalue weighted by Crippen LogP contribution is -2.50. The molecule has 7 heteroatoms. The van der Waals surface area contributed by atoms with Crippen molar-refractivity contribution in [2.24, 2.45) is 5.92 Å². The van der Waals surface area contributed by atoms with E-state index in [1.54, 1.807) is 11.9 Å². The van der Waals surface area contributed by atoms with Crippen LogP contribution < -0.4 is 0 Å². The molecular weight excluding hydrogens is 296 g/mol. The maximum Gasteiger partial charge on any atom is 0.236 e. The summed E-state index contributed by atoms with van der Waals surface area (Å²) in [7, 11) is 1.72. The van der Waals surface area contributed by atoms with Gasteiger partial charge in [-0.25, -0.2) is 0 Å². The van der Waals surface area contributed by atoms with Gasteiger partial charge in [0.25, 0.3) is 0 Å². The largest absolute Gasteiger partial charge is 0.378 e. The van der Waals surface area contributed by atoms with E-state index >= 15 is 0 Å². The number of hydrogen-bond donors (Lipinski definition) is 0. The summed E-state index contributed by atoms with van der Waals surface area (Å²) in [5.74, 6) is 0.196. The van der Waals surface area contributed by atoms with Gasteiger partial charge in [-0.2, -0.15) is 5.26 Å². The molecule has 2 saturated heterocycles. The first kappa shape index (κ1) is 17.7. The lowest BCUT2D eigenvalue weighted by atomic mass is 9.96. The fraction of sp³-hybridized carbons (Fsp3) is 0.812. The summed E-state index contributed by atoms with van der Waals surface area (Å²) in [6.45, 7) is 4.86. The molecule has 128 valence electrons. The average molecular weight is 322 g/mol. The molecule has 2 rings (SSSR count). The first-order valence-corrected chi connectivity index (χ1v) is 8.31. The van der Waals surface area contributed by atoms with Crippen LogP contribution in [0.25, 0.3) is 0 Å². The van der Waals surface area contributed by atoms with Crippen LogP contribution in [0.4, 0.5) is 0 Å². The Morgan fingerprint density at radius 3 is 2.74 bits per heavy atom. The van der Waals surface area contributed by atoms with Gasteiger partial charge in [0.1, 0.15) is 0 Å². The number of carbonyl (C=O) groups excluding carboxylic acids is 2. The lowest BCUT2D eigenvalue weighted by molar-refractivity contribution is -0.142. The van der Waals surface area contributed by atoms with Gasteiger partial charge in [0, 0.05) is 33.2 Å². The van der Waals surface area contributed by atoms with E-state index in [1.807, 2.05) is 11.0 Å². The molecule has 2 aliphatic heterocycles. The second-order valence-electron chi connectivity index (χ2n) is 6.24. The van der Waals surface area contributed by atoms with Crippen LogP contribution in [0, 0.1) is 17.2 Å². The maximum atomic E-state index is 12.6. The minimum atomic E-state index is -0.0148. The smallest absolute Gasteiger partial charge is 0.236 e. The number of nitrogens with zero attached hydrogens (tertiary/aromatic N) is 4. The van der Waals surface area contributed by atoms with E-state index in [4.69, 9.17) is 10.00 Å². The van der Waals surface area contributed by atoms with Crippen molar-refractivity contribution in [3.8, 4) is 6.07 Å². The molecule has 0 aromatic rings. The normalized spacial score (nSPS) is 22.4. The van der Waals surface area contributed by atoms with Crippen molar-refractivity contribution in [2.45, 2.75) is 19.3 Å². The fourth-order valence-electron chi connectivity index (χ4n) is 3.10. The summed E-state index contributed by atoms with van der Waals surface area (Å²) in [4.78, 5) is 30.3. The van der Waals surface area contributed by atoms with Crippen molar-refractivity contribution >= 4 is 11.8 Å². The second kappa shape index (κ2) is 8.85. The van der Waals surface area contributed by atoms with Crippen molar-refractivity contribution in [2.75, 3.05) is 59.5 Å². The molecule has 2 amide bonds. The standard InChI is InChI=1S/C16H26N4O3/c1-18(6-3-5-17)15(21)13-19-7-2-4-14(12-19)16(22)20-8-10-23-11-9-20/h14H,2-4,6-13H2,1H3. The molecule has 0 aliphatic carbocycles. The van der Waals surface area contributed by atoms with E-state index in [2.05, 4.69) is 4.90 Å². The zero-order valence-electron chi connectivity index (χ0n) is 13.9. The number of ether oxygens (including phenoxy) is 1. The van der Waals surface area contributed by atoms with Crippen LogP contribution in [-0.4, -0.2) is 86.0 Å². The molecular formula is C16H26N4O3. The highest BCUT2D eigenvalue weighted by Crippen LogP contribution is 2.19. The van der Waals surface area contributed by atoms with E-state index in [0.29, 0.717) is 52.4 Å². The van der Waals surface area contributed by atoms with Crippen LogP contribution in [0.2, 0.25) is 0 Å². The van der Waals surface area contributed by atoms with E-state index in [0.717, 1.165) is 19.4 Å². The van der Waals surface area contributed by atoms with Gasteiger partial charge < -0.3 is 14.5 Å². The van der Waals surface area contributed by atoms with Gasteiger partial charge >= 0.3 is 0 Å². The highest BCUT2D eigenvalue weighted by atomic mass is 16.5. The number of rotatable bonds is 5. The molecule has 0 bridgehead atoms. The molecule has 1 atom stereocenters. The number of amides is 2. The number of likely N-dealkylation sites (N-methyl/N-ethyl adjacent to an activating group) is 1. The zero-order valence-corrected chi connectivity index (χ0v) is 13.9. The van der Waals surface area contributed by atoms with Gasteiger partial charge in [-0.1, -0.05) is 0 Å². The molecule has 0 aromatic heterocycles. The van der Waals surface area contributed by atoms with Gasteiger partial charge in [0.05, 0.1) is 38.2 Å². The Labute approximate surface area is 137 Å². The van der Waals surface area contributed by atoms with Crippen LogP contribution in [0.3, 0.4) is 0 Å². The molecule has 1 unspecified atom stereocenters. The Bertz CT molecular complexity index is 457. The highest BCUT2D eigenvalue weighted by molar-refractivity contribution is 5.80. The SMILES string of the molecule is CN(CCC#N)C(=O)CN1CCCC(C(=O)N2CCOCC2)C1. The van der Waals surface area contributed by atoms with Crippen LogP contribution in [-0.2, 0) is 14.3 Å². The van der Waals surface area contributed by atoms with Crippen LogP contribution in [0.15, 0.2) is 0 Å². The molecule has 0 aromatic carbocycles. The molecule has 0 radical (unpaired) electrons. The van der Waals surface area contributed by atoms with E-state index in [-0.39, 0.29) is 17.7 Å². The molecule has 0 saturated carbocycles. The number of hydrogen-bond acceptors (Lipinski definition) is 5. The van der Waals surface area contributed by atoms with E-state index in [9.17, 15) is 9.59 Å². The summed E-state index contributed by atoms with van der Waals surface area (Å²) >= 11 is 0. The quantitative estimate of drug-likeness (QED) is 0.708. The third kappa shape index (κ3) is 5.19. The first-order chi connectivity index (χ1) is 11.1. The van der Waals surface area contributed by atoms with Gasteiger partial charge in [0.15, 0.2) is 0 Å². The van der Waals surface area contributed by atoms with Crippen LogP contribution >= 0.6 is 0 Å². The topological polar surface area (TPSA) is 76.9 Å². The van der Waals surface area contributed by atoms with Crippen molar-refractivity contribution in [3.05, 3.63) is 0 Å². The molecule has 0 N–H and O–H groups in total. The Kier molecular flexibility index (Phi) is 6.81. The second-order valence-corrected chi connectivity index (χ2v) is 6.24. The number of nitriles is 1. The number of morpholine rings is 1. The molecule has 2 aliphatic rings. The molecule has 7 nitrogen and oxygen atoms in total.